The minimum Gasteiger partial charge on any atom is -0.371 e. The number of pyridine rings is 4. The molecule has 0 spiro atoms. The van der Waals surface area contributed by atoms with Crippen LogP contribution in [0, 0.1) is 23.3 Å². The molecule has 11 aromatic rings. The number of aryl methyl sites for hydroxylation is 1. The van der Waals surface area contributed by atoms with Crippen molar-refractivity contribution in [2.24, 2.45) is 7.05 Å². The molecule has 0 unspecified atom stereocenters. The molecule has 0 aliphatic rings. The van der Waals surface area contributed by atoms with Crippen molar-refractivity contribution in [2.75, 3.05) is 5.32 Å². The smallest absolute Gasteiger partial charge is 0.271 e. The van der Waals surface area contributed by atoms with E-state index in [0.717, 1.165) is 5.56 Å². The van der Waals surface area contributed by atoms with E-state index in [1.54, 1.807) is 115 Å². The van der Waals surface area contributed by atoms with E-state index in [-0.39, 0.29) is 21.8 Å². The molecule has 6 aromatic heterocycles. The van der Waals surface area contributed by atoms with Crippen LogP contribution < -0.4 is 15.0 Å². The molecule has 0 aliphatic heterocycles. The first-order valence-corrected chi connectivity index (χ1v) is 23.2. The Labute approximate surface area is 401 Å². The lowest BCUT2D eigenvalue weighted by Gasteiger charge is -2.17. The summed E-state index contributed by atoms with van der Waals surface area (Å²) in [4.78, 5) is 26.3. The summed E-state index contributed by atoms with van der Waals surface area (Å²) in [7, 11) is -2.59. The minimum atomic E-state index is -4.37. The van der Waals surface area contributed by atoms with Gasteiger partial charge in [-0.3, -0.25) is 14.8 Å². The summed E-state index contributed by atoms with van der Waals surface area (Å²) in [6.07, 6.45) is 6.63. The van der Waals surface area contributed by atoms with Crippen molar-refractivity contribution in [3.05, 3.63) is 194 Å². The van der Waals surface area contributed by atoms with Gasteiger partial charge in [0.15, 0.2) is 11.3 Å². The second-order valence-corrected chi connectivity index (χ2v) is 17.9. The van der Waals surface area contributed by atoms with Crippen LogP contribution in [-0.2, 0) is 17.1 Å². The van der Waals surface area contributed by atoms with Crippen molar-refractivity contribution in [1.29, 1.82) is 0 Å². The number of aromatic amines is 1. The van der Waals surface area contributed by atoms with E-state index in [1.807, 2.05) is 6.20 Å². The van der Waals surface area contributed by atoms with Crippen LogP contribution in [0.25, 0.3) is 89.1 Å². The van der Waals surface area contributed by atoms with Gasteiger partial charge < -0.3 is 10.2 Å². The molecule has 0 saturated heterocycles. The second-order valence-electron chi connectivity index (χ2n) is 16.2. The Bertz CT molecular complexity index is 3900. The monoisotopic (exact) mass is 966 g/mol. The van der Waals surface area contributed by atoms with Gasteiger partial charge in [0.05, 0.1) is 21.7 Å². The van der Waals surface area contributed by atoms with Crippen LogP contribution in [0.3, 0.4) is 0 Å². The van der Waals surface area contributed by atoms with Gasteiger partial charge in [0.25, 0.3) is 15.9 Å². The zero-order valence-corrected chi connectivity index (χ0v) is 37.8. The molecule has 3 N–H and O–H groups in total. The fourth-order valence-corrected chi connectivity index (χ4v) is 9.24. The summed E-state index contributed by atoms with van der Waals surface area (Å²) in [6, 6.07) is 36.6. The highest BCUT2D eigenvalue weighted by Crippen LogP contribution is 2.46. The summed E-state index contributed by atoms with van der Waals surface area (Å²) in [6.45, 7) is 0. The number of nitrogens with zero attached hydrogens (tertiary/aromatic N) is 7. The van der Waals surface area contributed by atoms with Crippen molar-refractivity contribution in [3.8, 4) is 72.9 Å². The number of hydrogen-bond acceptors (Lipinski definition) is 10. The fraction of sp³-hybridized carbons (Fsp3) is 0.0189. The molecule has 11 rings (SSSR count). The highest BCUT2D eigenvalue weighted by Gasteiger charge is 2.27. The Morgan fingerprint density at radius 2 is 1.10 bits per heavy atom. The van der Waals surface area contributed by atoms with Gasteiger partial charge in [-0.05, 0) is 148 Å². The Balaban J connectivity index is 0.915. The lowest BCUT2D eigenvalue weighted by Crippen LogP contribution is -2.27. The van der Waals surface area contributed by atoms with Gasteiger partial charge in [0.1, 0.15) is 29.1 Å². The van der Waals surface area contributed by atoms with Crippen molar-refractivity contribution in [2.45, 2.75) is 4.90 Å². The average molecular weight is 967 g/mol. The third-order valence-corrected chi connectivity index (χ3v) is 12.9. The normalized spacial score (nSPS) is 11.6. The predicted molar refractivity (Wildman–Crippen MR) is 261 cm³/mol. The maximum absolute atomic E-state index is 14.4. The molecule has 18 heteroatoms. The molecule has 0 aliphatic carbocycles. The molecule has 5 aromatic carbocycles. The number of anilines is 2. The van der Waals surface area contributed by atoms with Crippen molar-refractivity contribution in [1.82, 2.24) is 44.8 Å². The van der Waals surface area contributed by atoms with Crippen LogP contribution in [0.5, 0.6) is 5.88 Å². The zero-order valence-electron chi connectivity index (χ0n) is 36.9. The predicted octanol–water partition coefficient (Wildman–Crippen LogP) is 11.6. The number of sulfonamides is 1. The number of H-pyrrole nitrogens is 1. The summed E-state index contributed by atoms with van der Waals surface area (Å²) in [5.74, 6) is -1.52. The Hall–Kier alpha value is -9.13. The van der Waals surface area contributed by atoms with E-state index in [2.05, 4.69) is 35.5 Å². The van der Waals surface area contributed by atoms with Crippen molar-refractivity contribution in [3.63, 3.8) is 0 Å². The molecule has 71 heavy (non-hydrogen) atoms. The van der Waals surface area contributed by atoms with Gasteiger partial charge in [0.2, 0.25) is 0 Å². The Morgan fingerprint density at radius 1 is 0.577 bits per heavy atom. The van der Waals surface area contributed by atoms with Crippen molar-refractivity contribution >= 4 is 43.6 Å². The lowest BCUT2D eigenvalue weighted by atomic mass is 9.89. The average Bonchev–Trinajstić information content (AvgIpc) is 3.98. The van der Waals surface area contributed by atoms with E-state index >= 15 is 0 Å². The standard InChI is InChI=1S/C53H34F4N10O3S/c1-67-29-42-44(30-2-10-36(54)11-3-30)47(50(61-51(42)65-67)34-8-16-39(57)17-9-34)35-24-27-59-43(28-35)60-40-18-20-41(21-19-40)71(68,69)66-70-53-48-45(31-4-12-37(55)13-5-31)46(32-22-25-58-26-23-32)49(62-52(48)63-64-53)33-6-14-38(56)15-7-33/h2-29,66H,1H3,(H,59,60)(H,62,63,64). The molecule has 348 valence electrons. The molecule has 0 atom stereocenters. The highest BCUT2D eigenvalue weighted by atomic mass is 32.2. The molecule has 6 heterocycles. The van der Waals surface area contributed by atoms with E-state index in [1.165, 1.54) is 60.7 Å². The van der Waals surface area contributed by atoms with Gasteiger partial charge >= 0.3 is 0 Å². The van der Waals surface area contributed by atoms with Crippen LogP contribution >= 0.6 is 0 Å². The largest absolute Gasteiger partial charge is 0.371 e. The number of rotatable bonds is 12. The fourth-order valence-electron chi connectivity index (χ4n) is 8.46. The first-order chi connectivity index (χ1) is 34.5. The van der Waals surface area contributed by atoms with Crippen LogP contribution in [0.2, 0.25) is 0 Å². The Morgan fingerprint density at radius 3 is 1.70 bits per heavy atom. The molecular formula is C53H34F4N10O3S. The molecule has 13 nitrogen and oxygen atoms in total. The number of benzene rings is 5. The van der Waals surface area contributed by atoms with Crippen molar-refractivity contribution < 1.29 is 30.8 Å². The zero-order chi connectivity index (χ0) is 48.8. The topological polar surface area (TPSA) is 165 Å². The van der Waals surface area contributed by atoms with Gasteiger partial charge in [-0.2, -0.15) is 5.10 Å². The number of aromatic nitrogens is 8. The van der Waals surface area contributed by atoms with Gasteiger partial charge in [-0.1, -0.05) is 24.3 Å². The second kappa shape index (κ2) is 18.1. The molecule has 0 saturated carbocycles. The quantitative estimate of drug-likeness (QED) is 0.0792. The first-order valence-electron chi connectivity index (χ1n) is 21.7. The maximum Gasteiger partial charge on any atom is 0.271 e. The SMILES string of the molecule is Cn1cc2c(-c3ccc(F)cc3)c(-c3ccnc(Nc4ccc(S(=O)(=O)NOc5n[nH]c6nc(-c7ccc(F)cc7)c(-c7ccncc7)c(-c7ccc(F)cc7)c56)cc4)c3)c(-c3ccc(F)cc3)nc2n1. The summed E-state index contributed by atoms with van der Waals surface area (Å²) >= 11 is 0. The van der Waals surface area contributed by atoms with E-state index in [0.29, 0.717) is 84.0 Å². The molecule has 0 radical (unpaired) electrons. The van der Waals surface area contributed by atoms with Gasteiger partial charge in [-0.15, -0.1) is 5.10 Å². The Kier molecular flexibility index (Phi) is 11.3. The maximum atomic E-state index is 14.4. The number of halogens is 4. The third-order valence-electron chi connectivity index (χ3n) is 11.7. The van der Waals surface area contributed by atoms with Crippen LogP contribution in [0.4, 0.5) is 29.1 Å². The summed E-state index contributed by atoms with van der Waals surface area (Å²) < 4.78 is 86.3. The molecule has 0 bridgehead atoms. The lowest BCUT2D eigenvalue weighted by molar-refractivity contribution is 0.261. The van der Waals surface area contributed by atoms with E-state index < -0.39 is 33.3 Å². The van der Waals surface area contributed by atoms with Crippen LogP contribution in [-0.4, -0.2) is 48.3 Å². The first kappa shape index (κ1) is 44.4. The summed E-state index contributed by atoms with van der Waals surface area (Å²) in [5.41, 5.74) is 8.21. The number of nitrogens with one attached hydrogen (secondary N) is 3. The van der Waals surface area contributed by atoms with Gasteiger partial charge in [-0.25, -0.2) is 40.9 Å². The van der Waals surface area contributed by atoms with Crippen LogP contribution in [0.15, 0.2) is 175 Å². The van der Waals surface area contributed by atoms with E-state index in [9.17, 15) is 26.0 Å². The van der Waals surface area contributed by atoms with Crippen LogP contribution in [0.1, 0.15) is 0 Å². The summed E-state index contributed by atoms with van der Waals surface area (Å²) in [5, 5.41) is 15.9. The van der Waals surface area contributed by atoms with Gasteiger partial charge in [0, 0.05) is 76.3 Å². The third kappa shape index (κ3) is 8.68. The molecular weight excluding hydrogens is 933 g/mol. The molecule has 0 amide bonds. The number of hydrogen-bond donors (Lipinski definition) is 3. The van der Waals surface area contributed by atoms with E-state index in [4.69, 9.17) is 14.8 Å². The highest BCUT2D eigenvalue weighted by molar-refractivity contribution is 7.89. The molecule has 0 fully saturated rings. The minimum absolute atomic E-state index is 0.152. The number of fused-ring (bicyclic) bond motifs is 2.